The van der Waals surface area contributed by atoms with Crippen LogP contribution in [-0.4, -0.2) is 14.8 Å². The predicted molar refractivity (Wildman–Crippen MR) is 61.4 cm³/mol. The molecule has 0 saturated heterocycles. The van der Waals surface area contributed by atoms with Crippen LogP contribution in [0.15, 0.2) is 18.3 Å². The maximum atomic E-state index is 5.68. The Hall–Kier alpha value is -2.04. The van der Waals surface area contributed by atoms with Crippen LogP contribution in [0.1, 0.15) is 11.3 Å². The minimum absolute atomic E-state index is 0.523. The van der Waals surface area contributed by atoms with Gasteiger partial charge in [-0.2, -0.15) is 5.10 Å². The van der Waals surface area contributed by atoms with Gasteiger partial charge in [-0.15, -0.1) is 0 Å². The van der Waals surface area contributed by atoms with Gasteiger partial charge in [0.1, 0.15) is 0 Å². The lowest BCUT2D eigenvalue weighted by molar-refractivity contribution is 0.415. The SMILES string of the molecule is Cc1cc(Oc2cc(C)c(N)cn2)n(C)n1. The van der Waals surface area contributed by atoms with Crippen molar-refractivity contribution in [3.63, 3.8) is 0 Å². The van der Waals surface area contributed by atoms with Gasteiger partial charge in [0.25, 0.3) is 0 Å². The Morgan fingerprint density at radius 2 is 2.06 bits per heavy atom. The van der Waals surface area contributed by atoms with E-state index in [4.69, 9.17) is 10.5 Å². The van der Waals surface area contributed by atoms with E-state index < -0.39 is 0 Å². The lowest BCUT2D eigenvalue weighted by Gasteiger charge is -2.06. The predicted octanol–water partition coefficient (Wildman–Crippen LogP) is 1.81. The summed E-state index contributed by atoms with van der Waals surface area (Å²) >= 11 is 0. The fourth-order valence-corrected chi connectivity index (χ4v) is 1.39. The van der Waals surface area contributed by atoms with Crippen LogP contribution < -0.4 is 10.5 Å². The van der Waals surface area contributed by atoms with Crippen LogP contribution in [0.2, 0.25) is 0 Å². The number of hydrogen-bond donors (Lipinski definition) is 1. The van der Waals surface area contributed by atoms with Crippen molar-refractivity contribution in [2.45, 2.75) is 13.8 Å². The van der Waals surface area contributed by atoms with Gasteiger partial charge >= 0.3 is 0 Å². The monoisotopic (exact) mass is 218 g/mol. The zero-order chi connectivity index (χ0) is 11.7. The van der Waals surface area contributed by atoms with E-state index in [2.05, 4.69) is 10.1 Å². The highest BCUT2D eigenvalue weighted by Gasteiger charge is 2.06. The van der Waals surface area contributed by atoms with Crippen molar-refractivity contribution >= 4 is 5.69 Å². The molecule has 0 aliphatic carbocycles. The quantitative estimate of drug-likeness (QED) is 0.834. The molecule has 0 unspecified atom stereocenters. The summed E-state index contributed by atoms with van der Waals surface area (Å²) in [4.78, 5) is 4.10. The summed E-state index contributed by atoms with van der Waals surface area (Å²) in [7, 11) is 1.83. The number of rotatable bonds is 2. The second-order valence-electron chi connectivity index (χ2n) is 3.73. The molecule has 2 heterocycles. The molecule has 0 saturated carbocycles. The number of aromatic nitrogens is 3. The first-order valence-corrected chi connectivity index (χ1v) is 4.97. The molecular formula is C11H14N4O. The molecule has 0 radical (unpaired) electrons. The summed E-state index contributed by atoms with van der Waals surface area (Å²) < 4.78 is 7.27. The summed E-state index contributed by atoms with van der Waals surface area (Å²) in [5, 5.41) is 4.19. The van der Waals surface area contributed by atoms with Gasteiger partial charge in [-0.05, 0) is 19.4 Å². The molecule has 0 amide bonds. The average molecular weight is 218 g/mol. The van der Waals surface area contributed by atoms with E-state index >= 15 is 0 Å². The highest BCUT2D eigenvalue weighted by Crippen LogP contribution is 2.22. The number of nitrogens with two attached hydrogens (primary N) is 1. The normalized spacial score (nSPS) is 10.4. The van der Waals surface area contributed by atoms with Crippen LogP contribution in [0.25, 0.3) is 0 Å². The molecule has 2 aromatic rings. The topological polar surface area (TPSA) is 66.0 Å². The number of nitrogen functional groups attached to an aromatic ring is 1. The minimum Gasteiger partial charge on any atom is -0.421 e. The first-order valence-electron chi connectivity index (χ1n) is 4.97. The standard InChI is InChI=1S/C11H14N4O/c1-7-4-10(13-6-9(7)12)16-11-5-8(2)14-15(11)3/h4-6H,12H2,1-3H3. The van der Waals surface area contributed by atoms with Gasteiger partial charge in [-0.25, -0.2) is 9.67 Å². The van der Waals surface area contributed by atoms with Crippen molar-refractivity contribution in [2.75, 3.05) is 5.73 Å². The Kier molecular flexibility index (Phi) is 2.52. The molecule has 0 bridgehead atoms. The van der Waals surface area contributed by atoms with E-state index in [1.54, 1.807) is 16.9 Å². The Bertz CT molecular complexity index is 519. The molecule has 0 aromatic carbocycles. The lowest BCUT2D eigenvalue weighted by atomic mass is 10.2. The highest BCUT2D eigenvalue weighted by atomic mass is 16.5. The molecule has 5 nitrogen and oxygen atoms in total. The van der Waals surface area contributed by atoms with Crippen molar-refractivity contribution in [2.24, 2.45) is 7.05 Å². The summed E-state index contributed by atoms with van der Waals surface area (Å²) in [6.07, 6.45) is 1.59. The smallest absolute Gasteiger partial charge is 0.221 e. The second kappa shape index (κ2) is 3.84. The van der Waals surface area contributed by atoms with Crippen molar-refractivity contribution in [1.82, 2.24) is 14.8 Å². The molecular weight excluding hydrogens is 204 g/mol. The van der Waals surface area contributed by atoms with Gasteiger partial charge < -0.3 is 10.5 Å². The van der Waals surface area contributed by atoms with Crippen molar-refractivity contribution in [3.8, 4) is 11.8 Å². The van der Waals surface area contributed by atoms with Crippen LogP contribution in [0.4, 0.5) is 5.69 Å². The molecule has 0 aliphatic heterocycles. The third kappa shape index (κ3) is 1.98. The van der Waals surface area contributed by atoms with Gasteiger partial charge in [-0.1, -0.05) is 0 Å². The first kappa shape index (κ1) is 10.5. The molecule has 2 rings (SSSR count). The van der Waals surface area contributed by atoms with Crippen molar-refractivity contribution in [3.05, 3.63) is 29.6 Å². The molecule has 0 aliphatic rings. The van der Waals surface area contributed by atoms with Crippen molar-refractivity contribution in [1.29, 1.82) is 0 Å². The molecule has 2 N–H and O–H groups in total. The largest absolute Gasteiger partial charge is 0.421 e. The van der Waals surface area contributed by atoms with E-state index in [0.717, 1.165) is 11.3 Å². The van der Waals surface area contributed by atoms with Gasteiger partial charge in [0.2, 0.25) is 11.8 Å². The maximum Gasteiger partial charge on any atom is 0.221 e. The van der Waals surface area contributed by atoms with Gasteiger partial charge in [0.05, 0.1) is 17.6 Å². The molecule has 0 atom stereocenters. The summed E-state index contributed by atoms with van der Waals surface area (Å²) in [6.45, 7) is 3.83. The van der Waals surface area contributed by atoms with E-state index in [1.165, 1.54) is 0 Å². The Labute approximate surface area is 93.9 Å². The Morgan fingerprint density at radius 3 is 2.62 bits per heavy atom. The molecule has 16 heavy (non-hydrogen) atoms. The van der Waals surface area contributed by atoms with Crippen LogP contribution in [-0.2, 0) is 7.05 Å². The summed E-state index contributed by atoms with van der Waals surface area (Å²) in [6, 6.07) is 3.66. The number of nitrogens with zero attached hydrogens (tertiary/aromatic N) is 3. The lowest BCUT2D eigenvalue weighted by Crippen LogP contribution is -1.98. The zero-order valence-electron chi connectivity index (χ0n) is 9.56. The summed E-state index contributed by atoms with van der Waals surface area (Å²) in [5.41, 5.74) is 8.20. The first-order chi connectivity index (χ1) is 7.56. The Morgan fingerprint density at radius 1 is 1.31 bits per heavy atom. The van der Waals surface area contributed by atoms with Gasteiger partial charge in [0.15, 0.2) is 0 Å². The summed E-state index contributed by atoms with van der Waals surface area (Å²) in [5.74, 6) is 1.18. The molecule has 84 valence electrons. The highest BCUT2D eigenvalue weighted by molar-refractivity contribution is 5.45. The number of aryl methyl sites for hydroxylation is 3. The minimum atomic E-state index is 0.523. The fourth-order valence-electron chi connectivity index (χ4n) is 1.39. The molecule has 5 heteroatoms. The molecule has 2 aromatic heterocycles. The van der Waals surface area contributed by atoms with E-state index in [-0.39, 0.29) is 0 Å². The van der Waals surface area contributed by atoms with Crippen LogP contribution in [0.5, 0.6) is 11.8 Å². The van der Waals surface area contributed by atoms with E-state index in [1.807, 2.05) is 27.0 Å². The van der Waals surface area contributed by atoms with Gasteiger partial charge in [-0.3, -0.25) is 0 Å². The zero-order valence-corrected chi connectivity index (χ0v) is 9.56. The van der Waals surface area contributed by atoms with Gasteiger partial charge in [0, 0.05) is 19.2 Å². The van der Waals surface area contributed by atoms with Crippen molar-refractivity contribution < 1.29 is 4.74 Å². The third-order valence-corrected chi connectivity index (χ3v) is 2.29. The average Bonchev–Trinajstić information content (AvgIpc) is 2.51. The molecule has 0 spiro atoms. The number of anilines is 1. The van der Waals surface area contributed by atoms with Crippen LogP contribution >= 0.6 is 0 Å². The Balaban J connectivity index is 2.27. The number of hydrogen-bond acceptors (Lipinski definition) is 4. The third-order valence-electron chi connectivity index (χ3n) is 2.29. The maximum absolute atomic E-state index is 5.68. The van der Waals surface area contributed by atoms with E-state index in [0.29, 0.717) is 17.4 Å². The second-order valence-corrected chi connectivity index (χ2v) is 3.73. The van der Waals surface area contributed by atoms with Crippen LogP contribution in [0, 0.1) is 13.8 Å². The number of pyridine rings is 1. The fraction of sp³-hybridized carbons (Fsp3) is 0.273. The number of ether oxygens (including phenoxy) is 1. The molecule has 0 fully saturated rings. The van der Waals surface area contributed by atoms with Crippen LogP contribution in [0.3, 0.4) is 0 Å². The van der Waals surface area contributed by atoms with E-state index in [9.17, 15) is 0 Å².